The van der Waals surface area contributed by atoms with Crippen molar-refractivity contribution < 1.29 is 35.9 Å². The predicted molar refractivity (Wildman–Crippen MR) is 103 cm³/mol. The van der Waals surface area contributed by atoms with Gasteiger partial charge < -0.3 is 4.74 Å². The standard InChI is InChI=1S/C20H16BrF6NO2/c1-30-17(29)18(12-21,10-13-5-3-2-4-6-13)28-11-14-7-15(19(22,23)24)9-16(8-14)20(25,26)27/h2-9,11H,10,12H2,1H3. The molecule has 2 aromatic carbocycles. The molecule has 1 atom stereocenters. The van der Waals surface area contributed by atoms with Gasteiger partial charge in [0.05, 0.1) is 18.2 Å². The lowest BCUT2D eigenvalue weighted by Crippen LogP contribution is -2.42. The van der Waals surface area contributed by atoms with Crippen molar-refractivity contribution in [1.82, 2.24) is 0 Å². The van der Waals surface area contributed by atoms with Gasteiger partial charge in [-0.3, -0.25) is 4.99 Å². The molecule has 0 fully saturated rings. The van der Waals surface area contributed by atoms with Crippen molar-refractivity contribution in [3.8, 4) is 0 Å². The van der Waals surface area contributed by atoms with Crippen LogP contribution >= 0.6 is 15.9 Å². The third kappa shape index (κ3) is 5.84. The van der Waals surface area contributed by atoms with E-state index < -0.39 is 40.6 Å². The van der Waals surface area contributed by atoms with Crippen molar-refractivity contribution in [1.29, 1.82) is 0 Å². The van der Waals surface area contributed by atoms with Crippen molar-refractivity contribution in [2.75, 3.05) is 12.4 Å². The van der Waals surface area contributed by atoms with Gasteiger partial charge in [-0.1, -0.05) is 46.3 Å². The summed E-state index contributed by atoms with van der Waals surface area (Å²) in [5.74, 6) is -0.789. The monoisotopic (exact) mass is 495 g/mol. The van der Waals surface area contributed by atoms with Crippen LogP contribution in [0.4, 0.5) is 26.3 Å². The number of methoxy groups -OCH3 is 1. The molecule has 3 nitrogen and oxygen atoms in total. The molecule has 0 amide bonds. The molecule has 0 saturated carbocycles. The normalized spacial score (nSPS) is 14.5. The molecule has 0 aliphatic heterocycles. The van der Waals surface area contributed by atoms with Gasteiger partial charge >= 0.3 is 18.3 Å². The molecule has 1 unspecified atom stereocenters. The van der Waals surface area contributed by atoms with Crippen LogP contribution in [0.25, 0.3) is 0 Å². The van der Waals surface area contributed by atoms with Gasteiger partial charge in [0.2, 0.25) is 0 Å². The number of nitrogens with zero attached hydrogens (tertiary/aromatic N) is 1. The summed E-state index contributed by atoms with van der Waals surface area (Å²) >= 11 is 3.16. The first-order valence-corrected chi connectivity index (χ1v) is 9.56. The van der Waals surface area contributed by atoms with E-state index in [0.29, 0.717) is 17.7 Å². The van der Waals surface area contributed by atoms with Crippen molar-refractivity contribution in [2.45, 2.75) is 24.3 Å². The average molecular weight is 496 g/mol. The SMILES string of the molecule is COC(=O)C(CBr)(Cc1ccccc1)N=Cc1cc(C(F)(F)F)cc(C(F)(F)F)c1. The van der Waals surface area contributed by atoms with Gasteiger partial charge in [-0.25, -0.2) is 4.79 Å². The summed E-state index contributed by atoms with van der Waals surface area (Å²) in [7, 11) is 1.12. The highest BCUT2D eigenvalue weighted by molar-refractivity contribution is 9.09. The Morgan fingerprint density at radius 2 is 1.53 bits per heavy atom. The third-order valence-electron chi connectivity index (χ3n) is 4.20. The van der Waals surface area contributed by atoms with Gasteiger partial charge in [-0.2, -0.15) is 26.3 Å². The van der Waals surface area contributed by atoms with Gasteiger partial charge in [-0.15, -0.1) is 0 Å². The van der Waals surface area contributed by atoms with Crippen LogP contribution in [0.15, 0.2) is 53.5 Å². The Kier molecular flexibility index (Phi) is 7.33. The maximum absolute atomic E-state index is 13.1. The number of carbonyl (C=O) groups is 1. The molecule has 0 heterocycles. The minimum atomic E-state index is -4.98. The fourth-order valence-electron chi connectivity index (χ4n) is 2.68. The van der Waals surface area contributed by atoms with E-state index >= 15 is 0 Å². The number of carbonyl (C=O) groups excluding carboxylic acids is 1. The van der Waals surface area contributed by atoms with Gasteiger partial charge in [0.1, 0.15) is 0 Å². The topological polar surface area (TPSA) is 38.7 Å². The summed E-state index contributed by atoms with van der Waals surface area (Å²) in [4.78, 5) is 16.5. The highest BCUT2D eigenvalue weighted by Crippen LogP contribution is 2.36. The lowest BCUT2D eigenvalue weighted by Gasteiger charge is -2.25. The van der Waals surface area contributed by atoms with Crippen LogP contribution < -0.4 is 0 Å². The van der Waals surface area contributed by atoms with Gasteiger partial charge in [0.25, 0.3) is 0 Å². The molecule has 0 aliphatic rings. The number of hydrogen-bond acceptors (Lipinski definition) is 3. The van der Waals surface area contributed by atoms with Gasteiger partial charge in [0, 0.05) is 18.0 Å². The van der Waals surface area contributed by atoms with Crippen molar-refractivity contribution in [2.24, 2.45) is 4.99 Å². The maximum atomic E-state index is 13.1. The molecular weight excluding hydrogens is 480 g/mol. The van der Waals surface area contributed by atoms with E-state index in [9.17, 15) is 31.1 Å². The first kappa shape index (κ1) is 23.9. The summed E-state index contributed by atoms with van der Waals surface area (Å²) in [6.45, 7) is 0. The Morgan fingerprint density at radius 3 is 1.97 bits per heavy atom. The average Bonchev–Trinajstić information content (AvgIpc) is 2.69. The molecule has 0 radical (unpaired) electrons. The van der Waals surface area contributed by atoms with Gasteiger partial charge in [0.15, 0.2) is 5.54 Å². The van der Waals surface area contributed by atoms with E-state index in [1.54, 1.807) is 30.3 Å². The van der Waals surface area contributed by atoms with Crippen LogP contribution in [-0.4, -0.2) is 30.2 Å². The van der Waals surface area contributed by atoms with Crippen LogP contribution in [0.2, 0.25) is 0 Å². The smallest absolute Gasteiger partial charge is 0.416 e. The number of halogens is 7. The molecule has 0 spiro atoms. The first-order valence-electron chi connectivity index (χ1n) is 8.44. The summed E-state index contributed by atoms with van der Waals surface area (Å²) in [6.07, 6.45) is -9.12. The second kappa shape index (κ2) is 9.20. The quantitative estimate of drug-likeness (QED) is 0.223. The Labute approximate surface area is 176 Å². The number of rotatable bonds is 6. The minimum Gasteiger partial charge on any atom is -0.467 e. The largest absolute Gasteiger partial charge is 0.467 e. The van der Waals surface area contributed by atoms with Gasteiger partial charge in [-0.05, 0) is 29.3 Å². The molecule has 0 N–H and O–H groups in total. The molecule has 10 heteroatoms. The van der Waals surface area contributed by atoms with Crippen LogP contribution in [0.5, 0.6) is 0 Å². The Balaban J connectivity index is 2.54. The molecular formula is C20H16BrF6NO2. The van der Waals surface area contributed by atoms with E-state index in [1.807, 2.05) is 0 Å². The highest BCUT2D eigenvalue weighted by atomic mass is 79.9. The lowest BCUT2D eigenvalue weighted by atomic mass is 9.93. The van der Waals surface area contributed by atoms with E-state index in [4.69, 9.17) is 4.74 Å². The maximum Gasteiger partial charge on any atom is 0.416 e. The first-order chi connectivity index (χ1) is 13.9. The van der Waals surface area contributed by atoms with Crippen molar-refractivity contribution in [3.05, 3.63) is 70.8 Å². The molecule has 30 heavy (non-hydrogen) atoms. The Hall–Kier alpha value is -2.36. The second-order valence-electron chi connectivity index (χ2n) is 6.42. The van der Waals surface area contributed by atoms with Crippen LogP contribution in [0, 0.1) is 0 Å². The van der Waals surface area contributed by atoms with E-state index in [-0.39, 0.29) is 17.8 Å². The summed E-state index contributed by atoms with van der Waals surface area (Å²) < 4.78 is 83.1. The summed E-state index contributed by atoms with van der Waals surface area (Å²) in [5, 5.41) is -0.0663. The van der Waals surface area contributed by atoms with Crippen molar-refractivity contribution >= 4 is 28.1 Å². The highest BCUT2D eigenvalue weighted by Gasteiger charge is 2.39. The molecule has 2 aromatic rings. The zero-order chi connectivity index (χ0) is 22.6. The Morgan fingerprint density at radius 1 is 1.00 bits per heavy atom. The number of hydrogen-bond donors (Lipinski definition) is 0. The summed E-state index contributed by atoms with van der Waals surface area (Å²) in [6, 6.07) is 9.72. The van der Waals surface area contributed by atoms with Crippen LogP contribution in [0.1, 0.15) is 22.3 Å². The number of benzene rings is 2. The molecule has 162 valence electrons. The summed E-state index contributed by atoms with van der Waals surface area (Å²) in [5.41, 5.74) is -4.28. The zero-order valence-corrected chi connectivity index (χ0v) is 17.1. The van der Waals surface area contributed by atoms with Crippen LogP contribution in [0.3, 0.4) is 0 Å². The van der Waals surface area contributed by atoms with E-state index in [1.165, 1.54) is 0 Å². The number of esters is 1. The van der Waals surface area contributed by atoms with E-state index in [2.05, 4.69) is 20.9 Å². The molecule has 0 saturated heterocycles. The van der Waals surface area contributed by atoms with E-state index in [0.717, 1.165) is 13.3 Å². The Bertz CT molecular complexity index is 879. The number of aliphatic imine (C=N–C) groups is 1. The molecule has 0 aliphatic carbocycles. The van der Waals surface area contributed by atoms with Crippen molar-refractivity contribution in [3.63, 3.8) is 0 Å². The third-order valence-corrected chi connectivity index (χ3v) is 5.12. The minimum absolute atomic E-state index is 0.0212. The molecule has 2 rings (SSSR count). The molecule has 0 aromatic heterocycles. The number of ether oxygens (including phenoxy) is 1. The lowest BCUT2D eigenvalue weighted by molar-refractivity contribution is -0.146. The fourth-order valence-corrected chi connectivity index (χ4v) is 3.25. The zero-order valence-electron chi connectivity index (χ0n) is 15.5. The van der Waals surface area contributed by atoms with Crippen LogP contribution in [-0.2, 0) is 28.3 Å². The second-order valence-corrected chi connectivity index (χ2v) is 6.98. The fraction of sp³-hybridized carbons (Fsp3) is 0.300. The predicted octanol–water partition coefficient (Wildman–Crippen LogP) is 5.69. The molecule has 0 bridgehead atoms. The number of alkyl halides is 7.